The highest BCUT2D eigenvalue weighted by Gasteiger charge is 2.20. The molecule has 0 heterocycles. The molecule has 1 atom stereocenters. The van der Waals surface area contributed by atoms with Crippen molar-refractivity contribution in [3.8, 4) is 17.2 Å². The molecule has 2 aromatic rings. The lowest BCUT2D eigenvalue weighted by Crippen LogP contribution is -2.34. The Hall–Kier alpha value is -3.29. The fraction of sp³-hybridized carbons (Fsp3) is 0.300. The number of benzene rings is 2. The van der Waals surface area contributed by atoms with Gasteiger partial charge in [-0.15, -0.1) is 0 Å². The number of hydrogen-bond donors (Lipinski definition) is 2. The van der Waals surface area contributed by atoms with Gasteiger partial charge in [-0.2, -0.15) is 0 Å². The van der Waals surface area contributed by atoms with Crippen molar-refractivity contribution in [2.45, 2.75) is 19.4 Å². The zero-order chi connectivity index (χ0) is 20.7. The molecule has 28 heavy (non-hydrogen) atoms. The molecule has 0 aromatic heterocycles. The minimum atomic E-state index is -1.09. The number of carboxylic acids is 1. The Morgan fingerprint density at radius 2 is 1.79 bits per heavy atom. The number of aliphatic carboxylic acids is 1. The zero-order valence-electron chi connectivity index (χ0n) is 15.8. The first-order valence-corrected chi connectivity index (χ1v) is 8.46. The minimum absolute atomic E-state index is 0.0453. The lowest BCUT2D eigenvalue weighted by atomic mass is 10.0. The Morgan fingerprint density at radius 3 is 2.43 bits per heavy atom. The number of carbonyl (C=O) groups is 2. The van der Waals surface area contributed by atoms with Crippen LogP contribution in [0, 0.1) is 12.7 Å². The van der Waals surface area contributed by atoms with Gasteiger partial charge >= 0.3 is 5.97 Å². The molecule has 0 aliphatic heterocycles. The van der Waals surface area contributed by atoms with Crippen molar-refractivity contribution in [1.29, 1.82) is 0 Å². The van der Waals surface area contributed by atoms with E-state index in [2.05, 4.69) is 5.32 Å². The Bertz CT molecular complexity index is 855. The summed E-state index contributed by atoms with van der Waals surface area (Å²) in [5.41, 5.74) is 1.31. The molecule has 2 rings (SSSR count). The van der Waals surface area contributed by atoms with Crippen LogP contribution < -0.4 is 19.5 Å². The molecule has 8 heteroatoms. The van der Waals surface area contributed by atoms with Crippen molar-refractivity contribution in [3.05, 3.63) is 53.3 Å². The van der Waals surface area contributed by atoms with Gasteiger partial charge in [0.15, 0.2) is 29.7 Å². The average Bonchev–Trinajstić information content (AvgIpc) is 2.67. The Morgan fingerprint density at radius 1 is 1.07 bits per heavy atom. The maximum absolute atomic E-state index is 13.7. The third-order valence-corrected chi connectivity index (χ3v) is 3.97. The second kappa shape index (κ2) is 9.59. The number of rotatable bonds is 9. The number of carboxylic acid groups (broad SMARTS) is 1. The second-order valence-electron chi connectivity index (χ2n) is 6.05. The number of methoxy groups -OCH3 is 2. The highest BCUT2D eigenvalue weighted by molar-refractivity contribution is 5.79. The van der Waals surface area contributed by atoms with Crippen LogP contribution in [-0.2, 0) is 9.59 Å². The van der Waals surface area contributed by atoms with Crippen molar-refractivity contribution >= 4 is 11.9 Å². The van der Waals surface area contributed by atoms with E-state index < -0.39 is 30.3 Å². The van der Waals surface area contributed by atoms with Crippen LogP contribution in [0.4, 0.5) is 4.39 Å². The molecule has 2 aromatic carbocycles. The van der Waals surface area contributed by atoms with Crippen LogP contribution in [0.1, 0.15) is 23.6 Å². The summed E-state index contributed by atoms with van der Waals surface area (Å²) >= 11 is 0. The van der Waals surface area contributed by atoms with Crippen LogP contribution in [0.5, 0.6) is 17.2 Å². The third-order valence-electron chi connectivity index (χ3n) is 3.97. The van der Waals surface area contributed by atoms with Crippen molar-refractivity contribution in [3.63, 3.8) is 0 Å². The summed E-state index contributed by atoms with van der Waals surface area (Å²) in [6.07, 6.45) is -0.347. The summed E-state index contributed by atoms with van der Waals surface area (Å²) in [6, 6.07) is 8.33. The van der Waals surface area contributed by atoms with Crippen LogP contribution in [0.25, 0.3) is 0 Å². The van der Waals surface area contributed by atoms with Crippen LogP contribution in [-0.4, -0.2) is 37.8 Å². The van der Waals surface area contributed by atoms with Gasteiger partial charge < -0.3 is 24.6 Å². The van der Waals surface area contributed by atoms with Crippen LogP contribution in [0.2, 0.25) is 0 Å². The number of nitrogens with one attached hydrogen (secondary N) is 1. The zero-order valence-corrected chi connectivity index (χ0v) is 15.8. The van der Waals surface area contributed by atoms with E-state index in [1.165, 1.54) is 26.4 Å². The summed E-state index contributed by atoms with van der Waals surface area (Å²) in [4.78, 5) is 23.5. The lowest BCUT2D eigenvalue weighted by Gasteiger charge is -2.19. The van der Waals surface area contributed by atoms with Crippen LogP contribution >= 0.6 is 0 Å². The maximum Gasteiger partial charge on any atom is 0.305 e. The van der Waals surface area contributed by atoms with E-state index in [4.69, 9.17) is 14.2 Å². The van der Waals surface area contributed by atoms with Gasteiger partial charge in [0.05, 0.1) is 26.7 Å². The number of aryl methyl sites for hydroxylation is 1. The highest BCUT2D eigenvalue weighted by Crippen LogP contribution is 2.31. The van der Waals surface area contributed by atoms with Crippen molar-refractivity contribution in [2.75, 3.05) is 20.8 Å². The quantitative estimate of drug-likeness (QED) is 0.683. The predicted octanol–water partition coefficient (Wildman–Crippen LogP) is 2.86. The summed E-state index contributed by atoms with van der Waals surface area (Å²) in [6.45, 7) is 1.32. The molecule has 0 saturated carbocycles. The first-order valence-electron chi connectivity index (χ1n) is 8.46. The fourth-order valence-corrected chi connectivity index (χ4v) is 2.60. The SMILES string of the molecule is COc1ccc(C(CC(=O)O)NC(=O)COc2cc(C)ccc2F)cc1OC. The normalized spacial score (nSPS) is 11.4. The molecule has 0 bridgehead atoms. The predicted molar refractivity (Wildman–Crippen MR) is 99.3 cm³/mol. The molecule has 7 nitrogen and oxygen atoms in total. The molecule has 0 fully saturated rings. The van der Waals surface area contributed by atoms with Gasteiger partial charge in [0.25, 0.3) is 5.91 Å². The molecule has 0 saturated heterocycles. The summed E-state index contributed by atoms with van der Waals surface area (Å²) in [5.74, 6) is -1.42. The average molecular weight is 391 g/mol. The molecule has 2 N–H and O–H groups in total. The van der Waals surface area contributed by atoms with E-state index in [0.717, 1.165) is 5.56 Å². The lowest BCUT2D eigenvalue weighted by molar-refractivity contribution is -0.137. The van der Waals surface area contributed by atoms with E-state index in [-0.39, 0.29) is 12.2 Å². The van der Waals surface area contributed by atoms with E-state index in [9.17, 15) is 19.1 Å². The first kappa shape index (κ1) is 21.0. The molecule has 150 valence electrons. The number of carbonyl (C=O) groups excluding carboxylic acids is 1. The topological polar surface area (TPSA) is 94.1 Å². The summed E-state index contributed by atoms with van der Waals surface area (Å²) in [5, 5.41) is 11.8. The molecular weight excluding hydrogens is 369 g/mol. The maximum atomic E-state index is 13.7. The number of amides is 1. The smallest absolute Gasteiger partial charge is 0.305 e. The number of ether oxygens (including phenoxy) is 3. The van der Waals surface area contributed by atoms with Gasteiger partial charge in [-0.25, -0.2) is 4.39 Å². The highest BCUT2D eigenvalue weighted by atomic mass is 19.1. The molecule has 0 aliphatic carbocycles. The Labute approximate surface area is 162 Å². The Kier molecular flexibility index (Phi) is 7.20. The monoisotopic (exact) mass is 391 g/mol. The van der Waals surface area contributed by atoms with Crippen LogP contribution in [0.15, 0.2) is 36.4 Å². The molecule has 0 aliphatic rings. The fourth-order valence-electron chi connectivity index (χ4n) is 2.60. The van der Waals surface area contributed by atoms with Crippen molar-refractivity contribution < 1.29 is 33.3 Å². The first-order chi connectivity index (χ1) is 13.3. The standard InChI is InChI=1S/C20H22FNO6/c1-12-4-6-14(21)17(8-12)28-11-19(23)22-15(10-20(24)25)13-5-7-16(26-2)18(9-13)27-3/h4-9,15H,10-11H2,1-3H3,(H,22,23)(H,24,25). The van der Waals surface area contributed by atoms with Gasteiger partial charge in [-0.1, -0.05) is 12.1 Å². The van der Waals surface area contributed by atoms with E-state index in [1.807, 2.05) is 0 Å². The van der Waals surface area contributed by atoms with Gasteiger partial charge in [0.2, 0.25) is 0 Å². The second-order valence-corrected chi connectivity index (χ2v) is 6.05. The van der Waals surface area contributed by atoms with Crippen LogP contribution in [0.3, 0.4) is 0 Å². The third kappa shape index (κ3) is 5.60. The summed E-state index contributed by atoms with van der Waals surface area (Å²) < 4.78 is 29.3. The molecular formula is C20H22FNO6. The molecule has 1 amide bonds. The van der Waals surface area contributed by atoms with Gasteiger partial charge in [0.1, 0.15) is 0 Å². The molecule has 1 unspecified atom stereocenters. The van der Waals surface area contributed by atoms with E-state index in [0.29, 0.717) is 17.1 Å². The number of hydrogen-bond acceptors (Lipinski definition) is 5. The molecule has 0 radical (unpaired) electrons. The minimum Gasteiger partial charge on any atom is -0.493 e. The van der Waals surface area contributed by atoms with E-state index in [1.54, 1.807) is 31.2 Å². The van der Waals surface area contributed by atoms with E-state index >= 15 is 0 Å². The van der Waals surface area contributed by atoms with Crippen molar-refractivity contribution in [2.24, 2.45) is 0 Å². The van der Waals surface area contributed by atoms with Gasteiger partial charge in [-0.05, 0) is 42.3 Å². The largest absolute Gasteiger partial charge is 0.493 e. The summed E-state index contributed by atoms with van der Waals surface area (Å²) in [7, 11) is 2.94. The van der Waals surface area contributed by atoms with Gasteiger partial charge in [0, 0.05) is 0 Å². The number of halogens is 1. The van der Waals surface area contributed by atoms with Crippen molar-refractivity contribution in [1.82, 2.24) is 5.32 Å². The van der Waals surface area contributed by atoms with Gasteiger partial charge in [-0.3, -0.25) is 9.59 Å². The Balaban J connectivity index is 2.12. The molecule has 0 spiro atoms.